The molecule has 12 N–H and O–H groups in total. The molecular weight excluding hydrogens is 688 g/mol. The van der Waals surface area contributed by atoms with Crippen molar-refractivity contribution in [3.8, 4) is 0 Å². The highest BCUT2D eigenvalue weighted by Crippen LogP contribution is 2.14. The number of carboxylic acid groups (broad SMARTS) is 1. The number of hydrogen-bond donors (Lipinski definition) is 9. The number of benzene rings is 2. The van der Waals surface area contributed by atoms with Gasteiger partial charge in [0.2, 0.25) is 29.5 Å². The van der Waals surface area contributed by atoms with Gasteiger partial charge in [-0.1, -0.05) is 24.3 Å². The lowest BCUT2D eigenvalue weighted by Crippen LogP contribution is -2.56. The molecule has 3 rings (SSSR count). The number of carbonyl (C=O) groups excluding carboxylic acids is 6. The summed E-state index contributed by atoms with van der Waals surface area (Å²) in [6, 6.07) is 9.52. The Kier molecular flexibility index (Phi) is 16.0. The van der Waals surface area contributed by atoms with Gasteiger partial charge in [0.15, 0.2) is 5.96 Å². The number of aliphatic imine (C=N–C) groups is 1. The number of guanidine groups is 1. The summed E-state index contributed by atoms with van der Waals surface area (Å²) in [5, 5.41) is 22.3. The standard InChI is InChI=1S/C35H48N10O8/c1-45-27(9-5-15-40-35(37)38)33(52)42-20-29(47)43-26(18-30(48)49)32(51)41-19-22-6-4-7-23(16-22)31(50)44-25(34(45)53)8-2-3-14-39-28(46)17-21-10-12-24(36)13-11-21/h4,6-7,10-13,16,25-27H,2-3,5,8-9,14-15,17-20,36H2,1H3,(H,39,46)(H,41,51)(H,42,52)(H,43,47)(H,44,50)(H,48,49)(H4,37,38,40). The molecule has 286 valence electrons. The molecule has 2 aromatic rings. The van der Waals surface area contributed by atoms with E-state index in [0.29, 0.717) is 30.6 Å². The average Bonchev–Trinajstić information content (AvgIpc) is 3.11. The molecule has 18 nitrogen and oxygen atoms in total. The van der Waals surface area contributed by atoms with Gasteiger partial charge >= 0.3 is 5.97 Å². The Morgan fingerprint density at radius 1 is 0.906 bits per heavy atom. The Morgan fingerprint density at radius 3 is 2.32 bits per heavy atom. The highest BCUT2D eigenvalue weighted by molar-refractivity contribution is 5.99. The number of amides is 6. The molecule has 0 radical (unpaired) electrons. The molecule has 0 saturated heterocycles. The number of nitrogens with one attached hydrogen (secondary N) is 5. The molecule has 53 heavy (non-hydrogen) atoms. The molecule has 0 aromatic heterocycles. The second kappa shape index (κ2) is 20.6. The van der Waals surface area contributed by atoms with Crippen LogP contribution in [-0.4, -0.2) is 102 Å². The number of aliphatic carboxylic acids is 1. The zero-order chi connectivity index (χ0) is 38.9. The van der Waals surface area contributed by atoms with Crippen LogP contribution in [0.4, 0.5) is 5.69 Å². The topological polar surface area (TPSA) is 294 Å². The maximum Gasteiger partial charge on any atom is 0.305 e. The minimum absolute atomic E-state index is 0.0687. The fourth-order valence-electron chi connectivity index (χ4n) is 5.53. The lowest BCUT2D eigenvalue weighted by molar-refractivity contribution is -0.141. The van der Waals surface area contributed by atoms with E-state index in [2.05, 4.69) is 31.6 Å². The van der Waals surface area contributed by atoms with Crippen LogP contribution in [0.15, 0.2) is 53.5 Å². The van der Waals surface area contributed by atoms with E-state index in [1.54, 1.807) is 36.4 Å². The van der Waals surface area contributed by atoms with Crippen molar-refractivity contribution in [2.75, 3.05) is 32.4 Å². The first kappa shape index (κ1) is 41.2. The van der Waals surface area contributed by atoms with Crippen LogP contribution in [0.5, 0.6) is 0 Å². The Labute approximate surface area is 306 Å². The summed E-state index contributed by atoms with van der Waals surface area (Å²) >= 11 is 0. The molecule has 3 unspecified atom stereocenters. The van der Waals surface area contributed by atoms with Gasteiger partial charge in [-0.15, -0.1) is 0 Å². The third-order valence-corrected chi connectivity index (χ3v) is 8.35. The third-order valence-electron chi connectivity index (χ3n) is 8.35. The molecule has 1 aliphatic heterocycles. The lowest BCUT2D eigenvalue weighted by atomic mass is 10.0. The van der Waals surface area contributed by atoms with Crippen molar-refractivity contribution < 1.29 is 38.7 Å². The number of hydrogen-bond acceptors (Lipinski definition) is 9. The van der Waals surface area contributed by atoms with Crippen LogP contribution in [0.2, 0.25) is 0 Å². The quantitative estimate of drug-likeness (QED) is 0.0493. The van der Waals surface area contributed by atoms with E-state index >= 15 is 0 Å². The molecule has 2 aromatic carbocycles. The van der Waals surface area contributed by atoms with E-state index in [4.69, 9.17) is 17.2 Å². The summed E-state index contributed by atoms with van der Waals surface area (Å²) in [4.78, 5) is 95.8. The van der Waals surface area contributed by atoms with E-state index in [9.17, 15) is 38.7 Å². The number of unbranched alkanes of at least 4 members (excludes halogenated alkanes) is 1. The summed E-state index contributed by atoms with van der Waals surface area (Å²) in [6.07, 6.45) is 0.830. The summed E-state index contributed by atoms with van der Waals surface area (Å²) in [7, 11) is 1.40. The summed E-state index contributed by atoms with van der Waals surface area (Å²) in [6.45, 7) is -0.265. The van der Waals surface area contributed by atoms with Gasteiger partial charge in [-0.3, -0.25) is 38.6 Å². The van der Waals surface area contributed by atoms with E-state index < -0.39 is 66.6 Å². The largest absolute Gasteiger partial charge is 0.481 e. The monoisotopic (exact) mass is 736 g/mol. The number of anilines is 1. The number of nitrogens with two attached hydrogens (primary N) is 3. The first-order valence-electron chi connectivity index (χ1n) is 17.1. The zero-order valence-electron chi connectivity index (χ0n) is 29.6. The van der Waals surface area contributed by atoms with Crippen LogP contribution < -0.4 is 43.8 Å². The van der Waals surface area contributed by atoms with Gasteiger partial charge in [-0.05, 0) is 67.5 Å². The maximum atomic E-state index is 14.1. The maximum absolute atomic E-state index is 14.1. The van der Waals surface area contributed by atoms with Crippen LogP contribution in [0.25, 0.3) is 0 Å². The Balaban J connectivity index is 1.83. The van der Waals surface area contributed by atoms with Crippen LogP contribution in [0, 0.1) is 0 Å². The minimum Gasteiger partial charge on any atom is -0.481 e. The molecule has 0 aliphatic carbocycles. The first-order chi connectivity index (χ1) is 25.2. The predicted octanol–water partition coefficient (Wildman–Crippen LogP) is -1.52. The summed E-state index contributed by atoms with van der Waals surface area (Å²) in [5.74, 6) is -5.20. The average molecular weight is 737 g/mol. The number of nitrogen functional groups attached to an aromatic ring is 1. The van der Waals surface area contributed by atoms with Crippen molar-refractivity contribution in [1.82, 2.24) is 31.5 Å². The Morgan fingerprint density at radius 2 is 1.62 bits per heavy atom. The number of rotatable bonds is 13. The molecule has 18 heteroatoms. The molecule has 0 fully saturated rings. The van der Waals surface area contributed by atoms with Crippen LogP contribution >= 0.6 is 0 Å². The third kappa shape index (κ3) is 14.2. The molecular formula is C35H48N10O8. The normalized spacial score (nSPS) is 18.7. The number of carbonyl (C=O) groups is 7. The van der Waals surface area contributed by atoms with Gasteiger partial charge in [-0.25, -0.2) is 0 Å². The summed E-state index contributed by atoms with van der Waals surface area (Å²) in [5.41, 5.74) is 18.6. The first-order valence-corrected chi connectivity index (χ1v) is 17.1. The lowest BCUT2D eigenvalue weighted by Gasteiger charge is -2.31. The van der Waals surface area contributed by atoms with E-state index in [1.165, 1.54) is 24.1 Å². The molecule has 0 spiro atoms. The van der Waals surface area contributed by atoms with Crippen molar-refractivity contribution in [3.63, 3.8) is 0 Å². The SMILES string of the molecule is CN1C(=O)C(CCCCNC(=O)Cc2ccc(N)cc2)NC(=O)c2cccc(c2)CNC(=O)C(CC(=O)O)NC(=O)CNC(=O)C1CCCN=C(N)N. The second-order valence-corrected chi connectivity index (χ2v) is 12.6. The van der Waals surface area contributed by atoms with E-state index in [1.807, 2.05) is 0 Å². The van der Waals surface area contributed by atoms with Gasteiger partial charge in [0.05, 0.1) is 19.4 Å². The highest BCUT2D eigenvalue weighted by atomic mass is 16.4. The van der Waals surface area contributed by atoms with Crippen LogP contribution in [-0.2, 0) is 41.7 Å². The van der Waals surface area contributed by atoms with Gasteiger partial charge < -0.3 is 53.8 Å². The fourth-order valence-corrected chi connectivity index (χ4v) is 5.53. The number of carboxylic acids is 1. The van der Waals surface area contributed by atoms with E-state index in [0.717, 1.165) is 5.56 Å². The second-order valence-electron chi connectivity index (χ2n) is 12.6. The molecule has 2 bridgehead atoms. The van der Waals surface area contributed by atoms with Gasteiger partial charge in [0.1, 0.15) is 18.1 Å². The van der Waals surface area contributed by atoms with Crippen molar-refractivity contribution in [3.05, 3.63) is 65.2 Å². The van der Waals surface area contributed by atoms with Gasteiger partial charge in [-0.2, -0.15) is 0 Å². The molecule has 3 atom stereocenters. The fraction of sp³-hybridized carbons (Fsp3) is 0.429. The summed E-state index contributed by atoms with van der Waals surface area (Å²) < 4.78 is 0. The predicted molar refractivity (Wildman–Crippen MR) is 195 cm³/mol. The van der Waals surface area contributed by atoms with Crippen molar-refractivity contribution >= 4 is 53.1 Å². The minimum atomic E-state index is -1.46. The van der Waals surface area contributed by atoms with E-state index in [-0.39, 0.29) is 56.2 Å². The Hall–Kier alpha value is -6.20. The van der Waals surface area contributed by atoms with Crippen molar-refractivity contribution in [1.29, 1.82) is 0 Å². The molecule has 0 saturated carbocycles. The van der Waals surface area contributed by atoms with Crippen LogP contribution in [0.1, 0.15) is 60.0 Å². The number of likely N-dealkylation sites (N-methyl/N-ethyl adjacent to an activating group) is 1. The highest BCUT2D eigenvalue weighted by Gasteiger charge is 2.33. The number of nitrogens with zero attached hydrogens (tertiary/aromatic N) is 2. The number of fused-ring (bicyclic) bond motifs is 2. The molecule has 6 amide bonds. The smallest absolute Gasteiger partial charge is 0.305 e. The van der Waals surface area contributed by atoms with Gasteiger partial charge in [0.25, 0.3) is 5.91 Å². The van der Waals surface area contributed by atoms with Crippen molar-refractivity contribution in [2.45, 2.75) is 69.6 Å². The molecule has 1 heterocycles. The zero-order valence-corrected chi connectivity index (χ0v) is 29.6. The van der Waals surface area contributed by atoms with Crippen molar-refractivity contribution in [2.24, 2.45) is 16.5 Å². The molecule has 1 aliphatic rings. The van der Waals surface area contributed by atoms with Gasteiger partial charge in [0, 0.05) is 37.9 Å². The van der Waals surface area contributed by atoms with Crippen LogP contribution in [0.3, 0.4) is 0 Å². The Bertz CT molecular complexity index is 1660.